The Morgan fingerprint density at radius 2 is 2.20 bits per heavy atom. The smallest absolute Gasteiger partial charge is 0.147 e. The van der Waals surface area contributed by atoms with Crippen molar-refractivity contribution >= 4 is 9.84 Å². The Bertz CT molecular complexity index is 270. The fourth-order valence-corrected chi connectivity index (χ4v) is 2.55. The predicted molar refractivity (Wildman–Crippen MR) is 60.5 cm³/mol. The molecule has 0 aromatic heterocycles. The van der Waals surface area contributed by atoms with E-state index >= 15 is 0 Å². The normalized spacial score (nSPS) is 25.1. The molecule has 0 bridgehead atoms. The van der Waals surface area contributed by atoms with Gasteiger partial charge in [0.2, 0.25) is 0 Å². The average Bonchev–Trinajstić information content (AvgIpc) is 2.15. The van der Waals surface area contributed by atoms with E-state index in [1.165, 1.54) is 12.7 Å². The van der Waals surface area contributed by atoms with E-state index in [9.17, 15) is 8.42 Å². The highest BCUT2D eigenvalue weighted by Gasteiger charge is 2.18. The molecule has 0 radical (unpaired) electrons. The third-order valence-electron chi connectivity index (χ3n) is 2.70. The minimum Gasteiger partial charge on any atom is -0.378 e. The SMILES string of the molecule is CS(=O)(=O)CCC(N)CC1CCCCO1. The van der Waals surface area contributed by atoms with Gasteiger partial charge in [0, 0.05) is 18.9 Å². The van der Waals surface area contributed by atoms with Crippen molar-refractivity contribution in [2.24, 2.45) is 5.73 Å². The van der Waals surface area contributed by atoms with Crippen LogP contribution in [0.15, 0.2) is 0 Å². The molecule has 4 nitrogen and oxygen atoms in total. The molecule has 1 aliphatic rings. The standard InChI is InChI=1S/C10H21NO3S/c1-15(12,13)7-5-9(11)8-10-4-2-3-6-14-10/h9-10H,2-8,11H2,1H3. The minimum atomic E-state index is -2.88. The maximum Gasteiger partial charge on any atom is 0.147 e. The molecule has 1 saturated heterocycles. The molecule has 90 valence electrons. The number of rotatable bonds is 5. The summed E-state index contributed by atoms with van der Waals surface area (Å²) in [6.45, 7) is 0.823. The van der Waals surface area contributed by atoms with Crippen LogP contribution in [0.2, 0.25) is 0 Å². The van der Waals surface area contributed by atoms with Crippen LogP contribution in [0, 0.1) is 0 Å². The molecule has 0 spiro atoms. The molecule has 2 atom stereocenters. The molecule has 2 N–H and O–H groups in total. The molecule has 2 unspecified atom stereocenters. The van der Waals surface area contributed by atoms with Gasteiger partial charge < -0.3 is 10.5 Å². The number of ether oxygens (including phenoxy) is 1. The molecule has 0 aromatic carbocycles. The summed E-state index contributed by atoms with van der Waals surface area (Å²) in [7, 11) is -2.88. The minimum absolute atomic E-state index is 0.0529. The lowest BCUT2D eigenvalue weighted by molar-refractivity contribution is 0.00730. The van der Waals surface area contributed by atoms with Crippen molar-refractivity contribution in [2.75, 3.05) is 18.6 Å². The number of hydrogen-bond donors (Lipinski definition) is 1. The van der Waals surface area contributed by atoms with E-state index in [0.717, 1.165) is 25.9 Å². The van der Waals surface area contributed by atoms with Crippen molar-refractivity contribution < 1.29 is 13.2 Å². The fraction of sp³-hybridized carbons (Fsp3) is 1.00. The van der Waals surface area contributed by atoms with Crippen LogP contribution >= 0.6 is 0 Å². The fourth-order valence-electron chi connectivity index (χ4n) is 1.81. The van der Waals surface area contributed by atoms with Crippen molar-refractivity contribution in [3.63, 3.8) is 0 Å². The van der Waals surface area contributed by atoms with Gasteiger partial charge in [-0.1, -0.05) is 0 Å². The van der Waals surface area contributed by atoms with Crippen LogP contribution in [0.3, 0.4) is 0 Å². The Hall–Kier alpha value is -0.130. The molecule has 15 heavy (non-hydrogen) atoms. The molecule has 1 rings (SSSR count). The van der Waals surface area contributed by atoms with Gasteiger partial charge >= 0.3 is 0 Å². The third kappa shape index (κ3) is 6.12. The van der Waals surface area contributed by atoms with Crippen LogP contribution in [-0.4, -0.2) is 39.2 Å². The van der Waals surface area contributed by atoms with Crippen LogP contribution in [0.1, 0.15) is 32.1 Å². The Labute approximate surface area is 92.1 Å². The maximum atomic E-state index is 10.9. The predicted octanol–water partition coefficient (Wildman–Crippen LogP) is 0.708. The van der Waals surface area contributed by atoms with Gasteiger partial charge in [-0.3, -0.25) is 0 Å². The Balaban J connectivity index is 2.20. The van der Waals surface area contributed by atoms with Crippen molar-refractivity contribution in [1.82, 2.24) is 0 Å². The Kier molecular flexibility index (Phi) is 5.02. The van der Waals surface area contributed by atoms with E-state index in [0.29, 0.717) is 6.42 Å². The summed E-state index contributed by atoms with van der Waals surface area (Å²) >= 11 is 0. The quantitative estimate of drug-likeness (QED) is 0.762. The second-order valence-electron chi connectivity index (χ2n) is 4.40. The number of hydrogen-bond acceptors (Lipinski definition) is 4. The molecule has 1 fully saturated rings. The van der Waals surface area contributed by atoms with E-state index in [-0.39, 0.29) is 17.9 Å². The first-order valence-electron chi connectivity index (χ1n) is 5.52. The molecule has 0 aromatic rings. The summed E-state index contributed by atoms with van der Waals surface area (Å²) in [6, 6.07) is -0.0529. The van der Waals surface area contributed by atoms with Crippen molar-refractivity contribution in [2.45, 2.75) is 44.2 Å². The van der Waals surface area contributed by atoms with Gasteiger partial charge in [0.15, 0.2) is 0 Å². The van der Waals surface area contributed by atoms with Gasteiger partial charge in [-0.25, -0.2) is 8.42 Å². The highest BCUT2D eigenvalue weighted by Crippen LogP contribution is 2.17. The molecule has 1 aliphatic heterocycles. The lowest BCUT2D eigenvalue weighted by Gasteiger charge is -2.25. The highest BCUT2D eigenvalue weighted by atomic mass is 32.2. The van der Waals surface area contributed by atoms with Crippen LogP contribution in [0.4, 0.5) is 0 Å². The molecule has 0 saturated carbocycles. The van der Waals surface area contributed by atoms with Crippen LogP contribution < -0.4 is 5.73 Å². The van der Waals surface area contributed by atoms with Crippen LogP contribution in [-0.2, 0) is 14.6 Å². The largest absolute Gasteiger partial charge is 0.378 e. The topological polar surface area (TPSA) is 69.4 Å². The van der Waals surface area contributed by atoms with Gasteiger partial charge in [-0.15, -0.1) is 0 Å². The third-order valence-corrected chi connectivity index (χ3v) is 3.68. The zero-order chi connectivity index (χ0) is 11.3. The summed E-state index contributed by atoms with van der Waals surface area (Å²) in [5.41, 5.74) is 5.87. The van der Waals surface area contributed by atoms with Gasteiger partial charge in [0.1, 0.15) is 9.84 Å². The van der Waals surface area contributed by atoms with E-state index in [4.69, 9.17) is 10.5 Å². The summed E-state index contributed by atoms with van der Waals surface area (Å²) in [5.74, 6) is 0.181. The lowest BCUT2D eigenvalue weighted by Crippen LogP contribution is -2.31. The van der Waals surface area contributed by atoms with Crippen molar-refractivity contribution in [3.8, 4) is 0 Å². The number of nitrogens with two attached hydrogens (primary N) is 1. The van der Waals surface area contributed by atoms with Gasteiger partial charge in [-0.05, 0) is 32.1 Å². The monoisotopic (exact) mass is 235 g/mol. The van der Waals surface area contributed by atoms with Crippen molar-refractivity contribution in [3.05, 3.63) is 0 Å². The molecule has 1 heterocycles. The molecule has 5 heteroatoms. The first-order chi connectivity index (χ1) is 6.97. The van der Waals surface area contributed by atoms with Gasteiger partial charge in [0.25, 0.3) is 0 Å². The van der Waals surface area contributed by atoms with Crippen LogP contribution in [0.5, 0.6) is 0 Å². The van der Waals surface area contributed by atoms with E-state index in [1.54, 1.807) is 0 Å². The van der Waals surface area contributed by atoms with E-state index in [1.807, 2.05) is 0 Å². The van der Waals surface area contributed by atoms with E-state index in [2.05, 4.69) is 0 Å². The second kappa shape index (κ2) is 5.82. The van der Waals surface area contributed by atoms with E-state index < -0.39 is 9.84 Å². The van der Waals surface area contributed by atoms with Gasteiger partial charge in [-0.2, -0.15) is 0 Å². The summed E-state index contributed by atoms with van der Waals surface area (Å²) in [6.07, 6.45) is 6.21. The van der Waals surface area contributed by atoms with Crippen molar-refractivity contribution in [1.29, 1.82) is 0 Å². The average molecular weight is 235 g/mol. The zero-order valence-corrected chi connectivity index (χ0v) is 10.1. The van der Waals surface area contributed by atoms with Crippen LogP contribution in [0.25, 0.3) is 0 Å². The lowest BCUT2D eigenvalue weighted by atomic mass is 10.0. The molecule has 0 amide bonds. The maximum absolute atomic E-state index is 10.9. The highest BCUT2D eigenvalue weighted by molar-refractivity contribution is 7.90. The number of sulfone groups is 1. The summed E-state index contributed by atoms with van der Waals surface area (Å²) < 4.78 is 27.4. The summed E-state index contributed by atoms with van der Waals surface area (Å²) in [4.78, 5) is 0. The Morgan fingerprint density at radius 3 is 2.73 bits per heavy atom. The first kappa shape index (κ1) is 12.9. The summed E-state index contributed by atoms with van der Waals surface area (Å²) in [5, 5.41) is 0. The second-order valence-corrected chi connectivity index (χ2v) is 6.66. The molecule has 0 aliphatic carbocycles. The molecular weight excluding hydrogens is 214 g/mol. The molecular formula is C10H21NO3S. The first-order valence-corrected chi connectivity index (χ1v) is 7.58. The Morgan fingerprint density at radius 1 is 1.47 bits per heavy atom. The zero-order valence-electron chi connectivity index (χ0n) is 9.31. The van der Waals surface area contributed by atoms with Gasteiger partial charge in [0.05, 0.1) is 11.9 Å².